The Balaban J connectivity index is 1.46. The third kappa shape index (κ3) is 5.19. The predicted octanol–water partition coefficient (Wildman–Crippen LogP) is 4.80. The van der Waals surface area contributed by atoms with Crippen LogP contribution in [0.15, 0.2) is 10.5 Å². The SMILES string of the molecule is CC(=O)c1cc2c(N3CCN(C(=O)OC(C)(C)C)CC3)nc(OCC34CCCN3CCC4)nc2c(F)c1Br. The first-order valence-corrected chi connectivity index (χ1v) is 14.1. The molecule has 1 aromatic heterocycles. The van der Waals surface area contributed by atoms with Crippen LogP contribution in [0.5, 0.6) is 6.01 Å². The van der Waals surface area contributed by atoms with Crippen LogP contribution in [0.25, 0.3) is 10.9 Å². The number of piperazine rings is 1. The largest absolute Gasteiger partial charge is 0.461 e. The third-order valence-corrected chi connectivity index (χ3v) is 8.50. The van der Waals surface area contributed by atoms with Crippen LogP contribution in [0.2, 0.25) is 0 Å². The lowest BCUT2D eigenvalue weighted by molar-refractivity contribution is 0.0240. The molecular formula is C27H35BrFN5O4. The van der Waals surface area contributed by atoms with E-state index >= 15 is 4.39 Å². The van der Waals surface area contributed by atoms with Gasteiger partial charge in [-0.3, -0.25) is 9.69 Å². The molecule has 3 aliphatic rings. The number of ether oxygens (including phenoxy) is 2. The van der Waals surface area contributed by atoms with E-state index in [0.717, 1.165) is 38.8 Å². The molecule has 206 valence electrons. The van der Waals surface area contributed by atoms with E-state index in [9.17, 15) is 9.59 Å². The molecule has 0 N–H and O–H groups in total. The van der Waals surface area contributed by atoms with Crippen molar-refractivity contribution in [3.05, 3.63) is 21.9 Å². The molecule has 0 unspecified atom stereocenters. The zero-order valence-electron chi connectivity index (χ0n) is 22.5. The fraction of sp³-hybridized carbons (Fsp3) is 0.630. The van der Waals surface area contributed by atoms with Gasteiger partial charge in [0, 0.05) is 37.1 Å². The molecule has 38 heavy (non-hydrogen) atoms. The van der Waals surface area contributed by atoms with Crippen LogP contribution in [0.3, 0.4) is 0 Å². The standard InChI is InChI=1S/C27H35BrFN5O4/c1-17(35)18-15-19-22(21(29)20(18)28)30-24(37-16-27-7-5-9-34(27)10-6-8-27)31-23(19)32-11-13-33(14-12-32)25(36)38-26(2,3)4/h15H,5-14,16H2,1-4H3. The summed E-state index contributed by atoms with van der Waals surface area (Å²) in [6.45, 7) is 11.3. The molecule has 0 bridgehead atoms. The van der Waals surface area contributed by atoms with E-state index < -0.39 is 11.4 Å². The van der Waals surface area contributed by atoms with E-state index in [2.05, 4.69) is 25.8 Å². The molecule has 2 aromatic rings. The summed E-state index contributed by atoms with van der Waals surface area (Å²) in [4.78, 5) is 40.2. The minimum atomic E-state index is -0.616. The lowest BCUT2D eigenvalue weighted by Gasteiger charge is -2.36. The highest BCUT2D eigenvalue weighted by molar-refractivity contribution is 9.10. The summed E-state index contributed by atoms with van der Waals surface area (Å²) in [5.41, 5.74) is -0.254. The Hall–Kier alpha value is -2.53. The number of nitrogens with zero attached hydrogens (tertiary/aromatic N) is 5. The molecule has 0 atom stereocenters. The maximum atomic E-state index is 15.6. The number of halogens is 2. The van der Waals surface area contributed by atoms with Crippen LogP contribution in [0.1, 0.15) is 63.7 Å². The molecule has 3 saturated heterocycles. The molecule has 1 aromatic carbocycles. The first-order valence-electron chi connectivity index (χ1n) is 13.3. The van der Waals surface area contributed by atoms with Crippen molar-refractivity contribution in [2.75, 3.05) is 50.8 Å². The van der Waals surface area contributed by atoms with Gasteiger partial charge in [0.2, 0.25) is 0 Å². The summed E-state index contributed by atoms with van der Waals surface area (Å²) in [5.74, 6) is -0.384. The number of hydrogen-bond acceptors (Lipinski definition) is 8. The lowest BCUT2D eigenvalue weighted by atomic mass is 9.95. The first kappa shape index (κ1) is 27.1. The van der Waals surface area contributed by atoms with Gasteiger partial charge in [-0.05, 0) is 88.5 Å². The van der Waals surface area contributed by atoms with Gasteiger partial charge in [0.05, 0.1) is 10.0 Å². The number of amides is 1. The number of fused-ring (bicyclic) bond motifs is 2. The minimum Gasteiger partial charge on any atom is -0.461 e. The second-order valence-electron chi connectivity index (χ2n) is 11.5. The van der Waals surface area contributed by atoms with E-state index in [4.69, 9.17) is 14.5 Å². The highest BCUT2D eigenvalue weighted by Crippen LogP contribution is 2.40. The summed E-state index contributed by atoms with van der Waals surface area (Å²) in [6, 6.07) is 1.76. The Kier molecular flexibility index (Phi) is 7.28. The normalized spacial score (nSPS) is 19.6. The summed E-state index contributed by atoms with van der Waals surface area (Å²) < 4.78 is 27.4. The molecule has 3 fully saturated rings. The fourth-order valence-corrected chi connectivity index (χ4v) is 6.40. The third-order valence-electron chi connectivity index (χ3n) is 7.72. The molecule has 1 amide bonds. The monoisotopic (exact) mass is 591 g/mol. The highest BCUT2D eigenvalue weighted by Gasteiger charge is 2.45. The van der Waals surface area contributed by atoms with Crippen LogP contribution in [0.4, 0.5) is 15.0 Å². The zero-order chi connectivity index (χ0) is 27.2. The Morgan fingerprint density at radius 3 is 2.34 bits per heavy atom. The van der Waals surface area contributed by atoms with Gasteiger partial charge >= 0.3 is 12.1 Å². The molecule has 0 saturated carbocycles. The maximum absolute atomic E-state index is 15.6. The number of anilines is 1. The van der Waals surface area contributed by atoms with Crippen molar-refractivity contribution in [3.8, 4) is 6.01 Å². The average Bonchev–Trinajstić information content (AvgIpc) is 3.44. The van der Waals surface area contributed by atoms with Gasteiger partial charge in [-0.25, -0.2) is 9.18 Å². The molecule has 0 radical (unpaired) electrons. The lowest BCUT2D eigenvalue weighted by Crippen LogP contribution is -2.50. The number of benzene rings is 1. The molecular weight excluding hydrogens is 557 g/mol. The number of carbonyl (C=O) groups excluding carboxylic acids is 2. The van der Waals surface area contributed by atoms with Gasteiger partial charge in [0.25, 0.3) is 0 Å². The Bertz CT molecular complexity index is 1250. The fourth-order valence-electron chi connectivity index (χ4n) is 5.82. The van der Waals surface area contributed by atoms with Gasteiger partial charge in [-0.1, -0.05) is 0 Å². The quantitative estimate of drug-likeness (QED) is 0.458. The van der Waals surface area contributed by atoms with Crippen molar-refractivity contribution in [2.45, 2.75) is 64.5 Å². The number of hydrogen-bond donors (Lipinski definition) is 0. The highest BCUT2D eigenvalue weighted by atomic mass is 79.9. The van der Waals surface area contributed by atoms with Crippen LogP contribution < -0.4 is 9.64 Å². The molecule has 0 spiro atoms. The number of ketones is 1. The molecule has 0 aliphatic carbocycles. The van der Waals surface area contributed by atoms with Crippen molar-refractivity contribution in [3.63, 3.8) is 0 Å². The van der Waals surface area contributed by atoms with Crippen molar-refractivity contribution < 1.29 is 23.5 Å². The molecule has 9 nitrogen and oxygen atoms in total. The van der Waals surface area contributed by atoms with E-state index in [0.29, 0.717) is 44.0 Å². The summed E-state index contributed by atoms with van der Waals surface area (Å²) >= 11 is 3.25. The van der Waals surface area contributed by atoms with Gasteiger partial charge in [-0.2, -0.15) is 9.97 Å². The van der Waals surface area contributed by atoms with Crippen LogP contribution in [0, 0.1) is 5.82 Å². The van der Waals surface area contributed by atoms with Gasteiger partial charge < -0.3 is 19.3 Å². The number of Topliss-reactive ketones (excluding diaryl/α,β-unsaturated/α-hetero) is 1. The molecule has 11 heteroatoms. The van der Waals surface area contributed by atoms with Gasteiger partial charge in [0.15, 0.2) is 11.6 Å². The van der Waals surface area contributed by atoms with Crippen LogP contribution in [-0.2, 0) is 4.74 Å². The summed E-state index contributed by atoms with van der Waals surface area (Å²) in [7, 11) is 0. The smallest absolute Gasteiger partial charge is 0.410 e. The van der Waals surface area contributed by atoms with Gasteiger partial charge in [0.1, 0.15) is 23.5 Å². The number of rotatable bonds is 5. The minimum absolute atomic E-state index is 0.00482. The molecule has 5 rings (SSSR count). The van der Waals surface area contributed by atoms with E-state index in [-0.39, 0.29) is 39.0 Å². The second kappa shape index (κ2) is 10.2. The van der Waals surface area contributed by atoms with Crippen LogP contribution >= 0.6 is 15.9 Å². The van der Waals surface area contributed by atoms with Crippen molar-refractivity contribution in [2.24, 2.45) is 0 Å². The van der Waals surface area contributed by atoms with Crippen molar-refractivity contribution in [1.29, 1.82) is 0 Å². The topological polar surface area (TPSA) is 88.1 Å². The Morgan fingerprint density at radius 2 is 1.74 bits per heavy atom. The van der Waals surface area contributed by atoms with Crippen molar-refractivity contribution in [1.82, 2.24) is 19.8 Å². The average molecular weight is 593 g/mol. The van der Waals surface area contributed by atoms with Gasteiger partial charge in [-0.15, -0.1) is 0 Å². The summed E-state index contributed by atoms with van der Waals surface area (Å²) in [5, 5.41) is 0.440. The number of carbonyl (C=O) groups is 2. The molecule has 3 aliphatic heterocycles. The molecule has 4 heterocycles. The van der Waals surface area contributed by atoms with Crippen molar-refractivity contribution >= 4 is 44.5 Å². The predicted molar refractivity (Wildman–Crippen MR) is 145 cm³/mol. The Morgan fingerprint density at radius 1 is 1.08 bits per heavy atom. The Labute approximate surface area is 230 Å². The maximum Gasteiger partial charge on any atom is 0.410 e. The number of aromatic nitrogens is 2. The van der Waals surface area contributed by atoms with Crippen LogP contribution in [-0.4, -0.2) is 88.7 Å². The summed E-state index contributed by atoms with van der Waals surface area (Å²) in [6.07, 6.45) is 4.07. The van der Waals surface area contributed by atoms with E-state index in [1.54, 1.807) is 11.0 Å². The zero-order valence-corrected chi connectivity index (χ0v) is 24.1. The van der Waals surface area contributed by atoms with E-state index in [1.807, 2.05) is 25.7 Å². The first-order chi connectivity index (χ1) is 18.0. The second-order valence-corrected chi connectivity index (χ2v) is 12.3. The van der Waals surface area contributed by atoms with E-state index in [1.165, 1.54) is 6.92 Å².